The number of hydrogen-bond acceptors (Lipinski definition) is 2. The number of aliphatic carboxylic acids is 1. The van der Waals surface area contributed by atoms with Gasteiger partial charge in [-0.3, -0.25) is 9.59 Å². The Kier molecular flexibility index (Phi) is 4.09. The van der Waals surface area contributed by atoms with Crippen LogP contribution in [0.3, 0.4) is 0 Å². The molecule has 0 saturated heterocycles. The molecule has 2 unspecified atom stereocenters. The summed E-state index contributed by atoms with van der Waals surface area (Å²) in [6, 6.07) is 11.6. The van der Waals surface area contributed by atoms with Crippen molar-refractivity contribution >= 4 is 11.9 Å². The number of nitrogens with zero attached hydrogens (tertiary/aromatic N) is 1. The highest BCUT2D eigenvalue weighted by Gasteiger charge is 2.45. The monoisotopic (exact) mass is 327 g/mol. The first-order valence-electron chi connectivity index (χ1n) is 7.82. The van der Waals surface area contributed by atoms with E-state index in [1.807, 2.05) is 0 Å². The first-order valence-corrected chi connectivity index (χ1v) is 7.82. The van der Waals surface area contributed by atoms with Crippen LogP contribution in [0.25, 0.3) is 0 Å². The summed E-state index contributed by atoms with van der Waals surface area (Å²) in [5, 5.41) is 9.83. The smallest absolute Gasteiger partial charge is 0.313 e. The largest absolute Gasteiger partial charge is 0.481 e. The maximum atomic E-state index is 14.4. The predicted octanol–water partition coefficient (Wildman–Crippen LogP) is 3.60. The molecule has 24 heavy (non-hydrogen) atoms. The Labute approximate surface area is 139 Å². The minimum absolute atomic E-state index is 0.224. The number of carboxylic acids is 1. The van der Waals surface area contributed by atoms with E-state index in [4.69, 9.17) is 0 Å². The number of fused-ring (bicyclic) bond motifs is 1. The molecule has 5 heteroatoms. The fraction of sp³-hybridized carbons (Fsp3) is 0.263. The molecule has 2 atom stereocenters. The summed E-state index contributed by atoms with van der Waals surface area (Å²) in [5.74, 6) is -2.87. The Morgan fingerprint density at radius 2 is 1.67 bits per heavy atom. The van der Waals surface area contributed by atoms with Gasteiger partial charge in [-0.05, 0) is 31.5 Å². The van der Waals surface area contributed by atoms with Crippen LogP contribution < -0.4 is 0 Å². The molecule has 1 aliphatic rings. The molecular formula is C19H18FNO3. The van der Waals surface area contributed by atoms with E-state index in [1.54, 1.807) is 56.3 Å². The number of carbonyl (C=O) groups excluding carboxylic acids is 1. The average molecular weight is 327 g/mol. The van der Waals surface area contributed by atoms with Crippen LogP contribution in [0.5, 0.6) is 0 Å². The summed E-state index contributed by atoms with van der Waals surface area (Å²) in [5.41, 5.74) is 1.02. The molecule has 0 radical (unpaired) electrons. The van der Waals surface area contributed by atoms with Crippen LogP contribution in [0, 0.1) is 5.82 Å². The number of hydrogen-bond donors (Lipinski definition) is 1. The SMILES string of the molecule is CC(C)N1C(=O)c2ccccc2C(C(=O)O)C1c1ccccc1F. The molecule has 0 spiro atoms. The summed E-state index contributed by atoms with van der Waals surface area (Å²) < 4.78 is 14.4. The van der Waals surface area contributed by atoms with Gasteiger partial charge < -0.3 is 10.0 Å². The van der Waals surface area contributed by atoms with E-state index in [1.165, 1.54) is 11.0 Å². The van der Waals surface area contributed by atoms with E-state index in [9.17, 15) is 19.1 Å². The molecule has 1 heterocycles. The van der Waals surface area contributed by atoms with Crippen LogP contribution in [0.2, 0.25) is 0 Å². The maximum absolute atomic E-state index is 14.4. The summed E-state index contributed by atoms with van der Waals surface area (Å²) in [6.07, 6.45) is 0. The third-order valence-electron chi connectivity index (χ3n) is 4.42. The molecule has 1 N–H and O–H groups in total. The van der Waals surface area contributed by atoms with E-state index in [-0.39, 0.29) is 17.5 Å². The molecule has 124 valence electrons. The number of benzene rings is 2. The third kappa shape index (κ3) is 2.46. The molecule has 0 fully saturated rings. The Morgan fingerprint density at radius 3 is 2.25 bits per heavy atom. The first kappa shape index (κ1) is 16.2. The van der Waals surface area contributed by atoms with Gasteiger partial charge in [-0.25, -0.2) is 4.39 Å². The second-order valence-corrected chi connectivity index (χ2v) is 6.18. The normalized spacial score (nSPS) is 20.2. The van der Waals surface area contributed by atoms with Gasteiger partial charge in [-0.15, -0.1) is 0 Å². The van der Waals surface area contributed by atoms with Gasteiger partial charge in [-0.2, -0.15) is 0 Å². The van der Waals surface area contributed by atoms with Crippen molar-refractivity contribution in [1.82, 2.24) is 4.90 Å². The van der Waals surface area contributed by atoms with Crippen molar-refractivity contribution in [3.63, 3.8) is 0 Å². The summed E-state index contributed by atoms with van der Waals surface area (Å²) in [6.45, 7) is 3.61. The van der Waals surface area contributed by atoms with Crippen LogP contribution in [0.4, 0.5) is 4.39 Å². The van der Waals surface area contributed by atoms with E-state index >= 15 is 0 Å². The van der Waals surface area contributed by atoms with E-state index in [0.717, 1.165) is 0 Å². The topological polar surface area (TPSA) is 57.6 Å². The highest BCUT2D eigenvalue weighted by Crippen LogP contribution is 2.44. The van der Waals surface area contributed by atoms with Gasteiger partial charge in [0.25, 0.3) is 5.91 Å². The molecule has 1 amide bonds. The Bertz CT molecular complexity index is 803. The van der Waals surface area contributed by atoms with E-state index in [2.05, 4.69) is 0 Å². The van der Waals surface area contributed by atoms with Gasteiger partial charge in [-0.1, -0.05) is 36.4 Å². The zero-order chi connectivity index (χ0) is 17.4. The predicted molar refractivity (Wildman–Crippen MR) is 87.3 cm³/mol. The van der Waals surface area contributed by atoms with Crippen molar-refractivity contribution < 1.29 is 19.1 Å². The maximum Gasteiger partial charge on any atom is 0.313 e. The van der Waals surface area contributed by atoms with Crippen molar-refractivity contribution in [3.8, 4) is 0 Å². The number of halogens is 1. The second kappa shape index (κ2) is 6.07. The average Bonchev–Trinajstić information content (AvgIpc) is 2.54. The minimum atomic E-state index is -1.08. The minimum Gasteiger partial charge on any atom is -0.481 e. The molecule has 4 nitrogen and oxygen atoms in total. The van der Waals surface area contributed by atoms with Gasteiger partial charge in [0.15, 0.2) is 0 Å². The highest BCUT2D eigenvalue weighted by molar-refractivity contribution is 6.00. The highest BCUT2D eigenvalue weighted by atomic mass is 19.1. The van der Waals surface area contributed by atoms with E-state index in [0.29, 0.717) is 11.1 Å². The molecule has 1 aliphatic heterocycles. The van der Waals surface area contributed by atoms with Crippen LogP contribution >= 0.6 is 0 Å². The van der Waals surface area contributed by atoms with Crippen molar-refractivity contribution in [2.24, 2.45) is 0 Å². The van der Waals surface area contributed by atoms with Gasteiger partial charge in [0.1, 0.15) is 11.7 Å². The second-order valence-electron chi connectivity index (χ2n) is 6.18. The zero-order valence-corrected chi connectivity index (χ0v) is 13.4. The molecule has 2 aromatic rings. The molecule has 0 aromatic heterocycles. The molecule has 3 rings (SSSR count). The van der Waals surface area contributed by atoms with Gasteiger partial charge in [0.05, 0.1) is 6.04 Å². The lowest BCUT2D eigenvalue weighted by Gasteiger charge is -2.43. The summed E-state index contributed by atoms with van der Waals surface area (Å²) >= 11 is 0. The lowest BCUT2D eigenvalue weighted by Crippen LogP contribution is -2.48. The molecule has 0 saturated carbocycles. The number of rotatable bonds is 3. The first-order chi connectivity index (χ1) is 11.4. The molecule has 0 bridgehead atoms. The van der Waals surface area contributed by atoms with Crippen LogP contribution in [-0.2, 0) is 4.79 Å². The summed E-state index contributed by atoms with van der Waals surface area (Å²) in [7, 11) is 0. The van der Waals surface area contributed by atoms with Crippen molar-refractivity contribution in [1.29, 1.82) is 0 Å². The lowest BCUT2D eigenvalue weighted by atomic mass is 9.79. The quantitative estimate of drug-likeness (QED) is 0.937. The number of carbonyl (C=O) groups is 2. The Balaban J connectivity index is 2.29. The number of amides is 1. The van der Waals surface area contributed by atoms with Crippen LogP contribution in [-0.4, -0.2) is 27.9 Å². The zero-order valence-electron chi connectivity index (χ0n) is 13.4. The van der Waals surface area contributed by atoms with Crippen molar-refractivity contribution in [2.45, 2.75) is 31.8 Å². The fourth-order valence-corrected chi connectivity index (χ4v) is 3.43. The standard InChI is InChI=1S/C19H18FNO3/c1-11(2)21-17(14-9-5-6-10-15(14)20)16(19(23)24)12-7-3-4-8-13(12)18(21)22/h3-11,16-17H,1-2H3,(H,23,24). The Morgan fingerprint density at radius 1 is 1.08 bits per heavy atom. The molecular weight excluding hydrogens is 309 g/mol. The number of carboxylic acid groups (broad SMARTS) is 1. The van der Waals surface area contributed by atoms with E-state index < -0.39 is 23.7 Å². The molecule has 0 aliphatic carbocycles. The molecule has 2 aromatic carbocycles. The van der Waals surface area contributed by atoms with Crippen LogP contribution in [0.15, 0.2) is 48.5 Å². The van der Waals surface area contributed by atoms with Crippen LogP contribution in [0.1, 0.15) is 47.3 Å². The van der Waals surface area contributed by atoms with Gasteiger partial charge >= 0.3 is 5.97 Å². The van der Waals surface area contributed by atoms with Crippen molar-refractivity contribution in [2.75, 3.05) is 0 Å². The third-order valence-corrected chi connectivity index (χ3v) is 4.42. The van der Waals surface area contributed by atoms with Gasteiger partial charge in [0, 0.05) is 17.2 Å². The lowest BCUT2D eigenvalue weighted by molar-refractivity contribution is -0.140. The summed E-state index contributed by atoms with van der Waals surface area (Å²) in [4.78, 5) is 26.4. The fourth-order valence-electron chi connectivity index (χ4n) is 3.43. The van der Waals surface area contributed by atoms with Crippen molar-refractivity contribution in [3.05, 3.63) is 71.0 Å². The van der Waals surface area contributed by atoms with Gasteiger partial charge in [0.2, 0.25) is 0 Å². The Hall–Kier alpha value is -2.69.